The highest BCUT2D eigenvalue weighted by Crippen LogP contribution is 2.31. The number of amides is 2. The number of ether oxygens (including phenoxy) is 1. The maximum atomic E-state index is 13.5. The van der Waals surface area contributed by atoms with Crippen LogP contribution >= 0.6 is 12.2 Å². The van der Waals surface area contributed by atoms with Crippen molar-refractivity contribution < 1.29 is 14.3 Å². The number of thiocarbonyl (C=S) groups is 1. The van der Waals surface area contributed by atoms with Crippen molar-refractivity contribution in [2.24, 2.45) is 0 Å². The lowest BCUT2D eigenvalue weighted by Crippen LogP contribution is -2.56. The summed E-state index contributed by atoms with van der Waals surface area (Å²) in [5.41, 5.74) is 1.54. The van der Waals surface area contributed by atoms with E-state index in [1.807, 2.05) is 18.2 Å². The van der Waals surface area contributed by atoms with Crippen LogP contribution in [-0.2, 0) is 9.59 Å². The highest BCUT2D eigenvalue weighted by Gasteiger charge is 2.41. The van der Waals surface area contributed by atoms with Crippen molar-refractivity contribution in [2.45, 2.75) is 0 Å². The monoisotopic (exact) mass is 439 g/mol. The molecule has 3 aromatic rings. The van der Waals surface area contributed by atoms with Gasteiger partial charge in [-0.1, -0.05) is 54.6 Å². The van der Waals surface area contributed by atoms with E-state index in [0.29, 0.717) is 22.7 Å². The van der Waals surface area contributed by atoms with E-state index in [1.165, 1.54) is 15.9 Å². The zero-order chi connectivity index (χ0) is 22.5. The first kappa shape index (κ1) is 21.0. The molecule has 3 aromatic carbocycles. The minimum Gasteiger partial charge on any atom is -0.478 e. The molecule has 0 spiro atoms. The van der Waals surface area contributed by atoms with E-state index in [-0.39, 0.29) is 17.3 Å². The van der Waals surface area contributed by atoms with Gasteiger partial charge in [0, 0.05) is 5.56 Å². The largest absolute Gasteiger partial charge is 0.478 e. The first-order valence-electron chi connectivity index (χ1n) is 9.75. The van der Waals surface area contributed by atoms with Crippen LogP contribution in [0, 0.1) is 11.3 Å². The molecule has 0 saturated carbocycles. The van der Waals surface area contributed by atoms with Crippen LogP contribution in [0.4, 0.5) is 11.4 Å². The second-order valence-corrected chi connectivity index (χ2v) is 7.14. The minimum atomic E-state index is -0.534. The standard InChI is InChI=1S/C25H17N3O3S/c26-15-16-31-22-14-8-7-9-18(22)17-21-23(29)27(19-10-3-1-4-11-19)25(32)28(24(21)30)20-12-5-2-6-13-20/h1-14,17H,16H2. The van der Waals surface area contributed by atoms with Crippen LogP contribution in [0.1, 0.15) is 5.56 Å². The molecular formula is C25H17N3O3S. The quantitative estimate of drug-likeness (QED) is 0.336. The topological polar surface area (TPSA) is 73.6 Å². The fraction of sp³-hybridized carbons (Fsp3) is 0.0400. The molecule has 1 aliphatic rings. The van der Waals surface area contributed by atoms with Crippen LogP contribution in [0.5, 0.6) is 5.75 Å². The van der Waals surface area contributed by atoms with Crippen molar-refractivity contribution in [3.63, 3.8) is 0 Å². The molecule has 7 heteroatoms. The van der Waals surface area contributed by atoms with Gasteiger partial charge < -0.3 is 4.74 Å². The lowest BCUT2D eigenvalue weighted by atomic mass is 10.0. The number of benzene rings is 3. The number of anilines is 2. The summed E-state index contributed by atoms with van der Waals surface area (Å²) in [6.45, 7) is -0.154. The predicted molar refractivity (Wildman–Crippen MR) is 126 cm³/mol. The van der Waals surface area contributed by atoms with Gasteiger partial charge in [-0.15, -0.1) is 0 Å². The third-order valence-corrected chi connectivity index (χ3v) is 5.15. The lowest BCUT2D eigenvalue weighted by Gasteiger charge is -2.36. The number of para-hydroxylation sites is 3. The fourth-order valence-electron chi connectivity index (χ4n) is 3.34. The Morgan fingerprint density at radius 2 is 1.31 bits per heavy atom. The fourth-order valence-corrected chi connectivity index (χ4v) is 3.71. The molecule has 1 heterocycles. The van der Waals surface area contributed by atoms with Crippen molar-refractivity contribution in [3.05, 3.63) is 96.1 Å². The third kappa shape index (κ3) is 4.00. The minimum absolute atomic E-state index is 0.0701. The van der Waals surface area contributed by atoms with Gasteiger partial charge in [-0.3, -0.25) is 19.4 Å². The Kier molecular flexibility index (Phi) is 6.06. The highest BCUT2D eigenvalue weighted by atomic mass is 32.1. The molecule has 0 radical (unpaired) electrons. The first-order valence-corrected chi connectivity index (χ1v) is 10.2. The molecular weight excluding hydrogens is 422 g/mol. The SMILES string of the molecule is N#CCOc1ccccc1C=C1C(=O)N(c2ccccc2)C(=S)N(c2ccccc2)C1=O. The van der Waals surface area contributed by atoms with Gasteiger partial charge in [-0.05, 0) is 48.6 Å². The first-order chi connectivity index (χ1) is 15.6. The molecule has 0 unspecified atom stereocenters. The number of nitrogens with zero attached hydrogens (tertiary/aromatic N) is 3. The molecule has 0 N–H and O–H groups in total. The maximum absolute atomic E-state index is 13.5. The van der Waals surface area contributed by atoms with Gasteiger partial charge in [-0.25, -0.2) is 0 Å². The van der Waals surface area contributed by atoms with Crippen molar-refractivity contribution in [3.8, 4) is 11.8 Å². The Balaban J connectivity index is 1.86. The Morgan fingerprint density at radius 3 is 1.84 bits per heavy atom. The summed E-state index contributed by atoms with van der Waals surface area (Å²) in [7, 11) is 0. The Bertz CT molecular complexity index is 1190. The molecule has 0 aliphatic carbocycles. The van der Waals surface area contributed by atoms with Crippen molar-refractivity contribution in [1.29, 1.82) is 5.26 Å². The Labute approximate surface area is 190 Å². The van der Waals surface area contributed by atoms with Crippen LogP contribution in [0.3, 0.4) is 0 Å². The van der Waals surface area contributed by atoms with Crippen molar-refractivity contribution in [2.75, 3.05) is 16.4 Å². The van der Waals surface area contributed by atoms with Crippen LogP contribution in [-0.4, -0.2) is 23.5 Å². The van der Waals surface area contributed by atoms with Crippen molar-refractivity contribution in [1.82, 2.24) is 0 Å². The summed E-state index contributed by atoms with van der Waals surface area (Å²) in [6.07, 6.45) is 1.48. The van der Waals surface area contributed by atoms with Gasteiger partial charge >= 0.3 is 0 Å². The molecule has 1 aliphatic heterocycles. The molecule has 2 amide bonds. The second kappa shape index (κ2) is 9.25. The summed E-state index contributed by atoms with van der Waals surface area (Å²) < 4.78 is 5.46. The number of hydrogen-bond acceptors (Lipinski definition) is 5. The summed E-state index contributed by atoms with van der Waals surface area (Å²) in [4.78, 5) is 29.6. The zero-order valence-electron chi connectivity index (χ0n) is 16.8. The van der Waals surface area contributed by atoms with Gasteiger partial charge in [0.15, 0.2) is 11.7 Å². The molecule has 6 nitrogen and oxygen atoms in total. The molecule has 32 heavy (non-hydrogen) atoms. The molecule has 1 saturated heterocycles. The van der Waals surface area contributed by atoms with Crippen molar-refractivity contribution >= 4 is 46.6 Å². The maximum Gasteiger partial charge on any atom is 0.270 e. The smallest absolute Gasteiger partial charge is 0.270 e. The summed E-state index contributed by atoms with van der Waals surface area (Å²) in [5.74, 6) is -0.672. The van der Waals surface area contributed by atoms with E-state index in [0.717, 1.165) is 0 Å². The Hall–Kier alpha value is -4.28. The van der Waals surface area contributed by atoms with Crippen LogP contribution in [0.25, 0.3) is 6.08 Å². The van der Waals surface area contributed by atoms with E-state index in [4.69, 9.17) is 22.2 Å². The number of nitriles is 1. The molecule has 4 rings (SSSR count). The van der Waals surface area contributed by atoms with Gasteiger partial charge in [0.1, 0.15) is 17.4 Å². The number of carbonyl (C=O) groups is 2. The molecule has 0 atom stereocenters. The number of hydrogen-bond donors (Lipinski definition) is 0. The third-order valence-electron chi connectivity index (χ3n) is 4.79. The predicted octanol–water partition coefficient (Wildman–Crippen LogP) is 4.34. The average Bonchev–Trinajstić information content (AvgIpc) is 2.82. The Morgan fingerprint density at radius 1 is 0.812 bits per heavy atom. The summed E-state index contributed by atoms with van der Waals surface area (Å²) in [5, 5.41) is 8.92. The second-order valence-electron chi connectivity index (χ2n) is 6.78. The summed E-state index contributed by atoms with van der Waals surface area (Å²) in [6, 6.07) is 26.7. The number of carbonyl (C=O) groups excluding carboxylic acids is 2. The summed E-state index contributed by atoms with van der Waals surface area (Å²) >= 11 is 5.59. The van der Waals surface area contributed by atoms with E-state index in [9.17, 15) is 9.59 Å². The number of rotatable bonds is 5. The van der Waals surface area contributed by atoms with Gasteiger partial charge in [-0.2, -0.15) is 5.26 Å². The van der Waals surface area contributed by atoms with Crippen LogP contribution in [0.2, 0.25) is 0 Å². The van der Waals surface area contributed by atoms with Gasteiger partial charge in [0.05, 0.1) is 11.4 Å². The lowest BCUT2D eigenvalue weighted by molar-refractivity contribution is -0.120. The van der Waals surface area contributed by atoms with E-state index in [1.54, 1.807) is 72.8 Å². The highest BCUT2D eigenvalue weighted by molar-refractivity contribution is 7.81. The van der Waals surface area contributed by atoms with Crippen LogP contribution in [0.15, 0.2) is 90.5 Å². The molecule has 156 valence electrons. The van der Waals surface area contributed by atoms with E-state index in [2.05, 4.69) is 0 Å². The van der Waals surface area contributed by atoms with E-state index >= 15 is 0 Å². The van der Waals surface area contributed by atoms with Gasteiger partial charge in [0.2, 0.25) is 0 Å². The van der Waals surface area contributed by atoms with Gasteiger partial charge in [0.25, 0.3) is 11.8 Å². The van der Waals surface area contributed by atoms with E-state index < -0.39 is 11.8 Å². The molecule has 1 fully saturated rings. The molecule has 0 aromatic heterocycles. The average molecular weight is 439 g/mol. The van der Waals surface area contributed by atoms with Crippen LogP contribution < -0.4 is 14.5 Å². The normalized spacial score (nSPS) is 13.7. The zero-order valence-corrected chi connectivity index (χ0v) is 17.7. The molecule has 0 bridgehead atoms.